The maximum atomic E-state index is 11.7. The Hall–Kier alpha value is -3.69. The van der Waals surface area contributed by atoms with E-state index in [4.69, 9.17) is 11.5 Å². The number of carbonyl (C=O) groups excluding carboxylic acids is 2. The van der Waals surface area contributed by atoms with E-state index in [1.807, 2.05) is 18.2 Å². The molecule has 2 amide bonds. The predicted molar refractivity (Wildman–Crippen MR) is 96.8 cm³/mol. The molecule has 26 heavy (non-hydrogen) atoms. The van der Waals surface area contributed by atoms with Crippen LogP contribution < -0.4 is 22.1 Å². The van der Waals surface area contributed by atoms with E-state index < -0.39 is 17.9 Å². The summed E-state index contributed by atoms with van der Waals surface area (Å²) in [5.74, 6) is -0.822. The van der Waals surface area contributed by atoms with Gasteiger partial charge in [0, 0.05) is 17.3 Å². The Kier molecular flexibility index (Phi) is 4.65. The largest absolute Gasteiger partial charge is 0.368 e. The number of nitrogens with zero attached hydrogens (tertiary/aromatic N) is 3. The first-order valence-corrected chi connectivity index (χ1v) is 7.90. The van der Waals surface area contributed by atoms with E-state index in [0.29, 0.717) is 12.1 Å². The van der Waals surface area contributed by atoms with Gasteiger partial charge in [0.2, 0.25) is 11.9 Å². The van der Waals surface area contributed by atoms with Crippen molar-refractivity contribution in [3.63, 3.8) is 0 Å². The Balaban J connectivity index is 1.93. The van der Waals surface area contributed by atoms with Crippen LogP contribution in [0, 0.1) is 0 Å². The maximum Gasteiger partial charge on any atom is 0.254 e. The number of rotatable bonds is 7. The molecule has 2 heterocycles. The quantitative estimate of drug-likeness (QED) is 0.420. The number of nitrogens with one attached hydrogen (secondary N) is 3. The molecule has 0 aliphatic carbocycles. The molecule has 0 unspecified atom stereocenters. The van der Waals surface area contributed by atoms with Crippen molar-refractivity contribution in [1.29, 1.82) is 0 Å². The first-order chi connectivity index (χ1) is 12.5. The molecule has 0 radical (unpaired) electrons. The van der Waals surface area contributed by atoms with Crippen LogP contribution in [-0.2, 0) is 4.79 Å². The molecule has 0 aliphatic rings. The zero-order valence-corrected chi connectivity index (χ0v) is 14.0. The molecule has 3 rings (SSSR count). The highest BCUT2D eigenvalue weighted by molar-refractivity contribution is 5.98. The second-order valence-corrected chi connectivity index (χ2v) is 5.62. The molecule has 0 fully saturated rings. The summed E-state index contributed by atoms with van der Waals surface area (Å²) in [6.45, 7) is 1.80. The van der Waals surface area contributed by atoms with Gasteiger partial charge in [0.15, 0.2) is 0 Å². The Bertz CT molecular complexity index is 968. The number of carbonyl (C=O) groups is 2. The standard InChI is InChI=1S/C16H18N8O2/c1-2-11(14(18)26)22-16-19-7-10(13(17)25)15(23-16)21-9-4-3-8-6-20-24-12(8)5-9/h3-7,11H,2H2,1H3,(H2,17,25)(H2,18,26)(H,20,24)(H2,19,21,22,23)/t11-/m1/s1. The number of aromatic nitrogens is 4. The van der Waals surface area contributed by atoms with Crippen LogP contribution in [0.3, 0.4) is 0 Å². The van der Waals surface area contributed by atoms with Crippen LogP contribution in [0.4, 0.5) is 17.5 Å². The third-order valence-electron chi connectivity index (χ3n) is 3.81. The van der Waals surface area contributed by atoms with E-state index in [1.54, 1.807) is 13.1 Å². The SMILES string of the molecule is CC[C@@H](Nc1ncc(C(N)=O)c(Nc2ccc3cn[nH]c3c2)n1)C(N)=O. The molecule has 10 heteroatoms. The molecular weight excluding hydrogens is 336 g/mol. The van der Waals surface area contributed by atoms with Crippen LogP contribution in [0.15, 0.2) is 30.6 Å². The van der Waals surface area contributed by atoms with Crippen LogP contribution in [0.5, 0.6) is 0 Å². The fourth-order valence-corrected chi connectivity index (χ4v) is 2.41. The number of primary amides is 2. The molecule has 134 valence electrons. The number of amides is 2. The lowest BCUT2D eigenvalue weighted by Gasteiger charge is -2.15. The maximum absolute atomic E-state index is 11.7. The number of anilines is 3. The number of aromatic amines is 1. The van der Waals surface area contributed by atoms with Crippen LogP contribution in [0.2, 0.25) is 0 Å². The van der Waals surface area contributed by atoms with Gasteiger partial charge in [-0.25, -0.2) is 4.98 Å². The molecule has 0 bridgehead atoms. The summed E-state index contributed by atoms with van der Waals surface area (Å²) in [5.41, 5.74) is 12.3. The normalized spacial score (nSPS) is 11.9. The van der Waals surface area contributed by atoms with Crippen LogP contribution in [0.1, 0.15) is 23.7 Å². The summed E-state index contributed by atoms with van der Waals surface area (Å²) in [6.07, 6.45) is 3.47. The van der Waals surface area contributed by atoms with Gasteiger partial charge in [-0.15, -0.1) is 0 Å². The van der Waals surface area contributed by atoms with Crippen molar-refractivity contribution in [3.8, 4) is 0 Å². The van der Waals surface area contributed by atoms with Gasteiger partial charge in [0.1, 0.15) is 17.4 Å². The van der Waals surface area contributed by atoms with E-state index in [2.05, 4.69) is 30.8 Å². The number of fused-ring (bicyclic) bond motifs is 1. The Labute approximate surface area is 148 Å². The smallest absolute Gasteiger partial charge is 0.254 e. The molecule has 1 aromatic carbocycles. The molecule has 0 aliphatic heterocycles. The van der Waals surface area contributed by atoms with E-state index in [1.165, 1.54) is 6.20 Å². The lowest BCUT2D eigenvalue weighted by atomic mass is 10.2. The first kappa shape index (κ1) is 17.1. The van der Waals surface area contributed by atoms with E-state index in [-0.39, 0.29) is 17.3 Å². The molecule has 10 nitrogen and oxygen atoms in total. The average molecular weight is 354 g/mol. The minimum absolute atomic E-state index is 0.118. The predicted octanol–water partition coefficient (Wildman–Crippen LogP) is 0.871. The third kappa shape index (κ3) is 3.53. The summed E-state index contributed by atoms with van der Waals surface area (Å²) >= 11 is 0. The van der Waals surface area contributed by atoms with E-state index >= 15 is 0 Å². The molecule has 2 aromatic heterocycles. The molecule has 0 saturated carbocycles. The number of nitrogens with two attached hydrogens (primary N) is 2. The highest BCUT2D eigenvalue weighted by atomic mass is 16.1. The first-order valence-electron chi connectivity index (χ1n) is 7.90. The summed E-state index contributed by atoms with van der Waals surface area (Å²) in [6, 6.07) is 4.88. The van der Waals surface area contributed by atoms with Crippen molar-refractivity contribution in [2.45, 2.75) is 19.4 Å². The van der Waals surface area contributed by atoms with E-state index in [9.17, 15) is 9.59 Å². The molecule has 7 N–H and O–H groups in total. The second-order valence-electron chi connectivity index (χ2n) is 5.62. The zero-order valence-electron chi connectivity index (χ0n) is 14.0. The summed E-state index contributed by atoms with van der Waals surface area (Å²) in [4.78, 5) is 31.3. The third-order valence-corrected chi connectivity index (χ3v) is 3.81. The molecule has 1 atom stereocenters. The number of hydrogen-bond donors (Lipinski definition) is 5. The monoisotopic (exact) mass is 354 g/mol. The van der Waals surface area contributed by atoms with Gasteiger partial charge in [-0.1, -0.05) is 6.92 Å². The van der Waals surface area contributed by atoms with Crippen molar-refractivity contribution in [3.05, 3.63) is 36.2 Å². The number of H-pyrrole nitrogens is 1. The molecule has 0 saturated heterocycles. The number of hydrogen-bond acceptors (Lipinski definition) is 7. The van der Waals surface area contributed by atoms with Gasteiger partial charge in [-0.05, 0) is 24.6 Å². The highest BCUT2D eigenvalue weighted by Crippen LogP contribution is 2.23. The Morgan fingerprint density at radius 2 is 2.08 bits per heavy atom. The van der Waals surface area contributed by atoms with Gasteiger partial charge in [0.05, 0.1) is 11.7 Å². The highest BCUT2D eigenvalue weighted by Gasteiger charge is 2.17. The summed E-state index contributed by atoms with van der Waals surface area (Å²) in [7, 11) is 0. The lowest BCUT2D eigenvalue weighted by molar-refractivity contribution is -0.118. The van der Waals surface area contributed by atoms with Crippen LogP contribution in [0.25, 0.3) is 10.9 Å². The van der Waals surface area contributed by atoms with Crippen molar-refractivity contribution in [1.82, 2.24) is 20.2 Å². The minimum atomic E-state index is -0.677. The van der Waals surface area contributed by atoms with E-state index in [0.717, 1.165) is 10.9 Å². The Morgan fingerprint density at radius 3 is 2.77 bits per heavy atom. The van der Waals surface area contributed by atoms with Gasteiger partial charge < -0.3 is 22.1 Å². The van der Waals surface area contributed by atoms with Crippen molar-refractivity contribution < 1.29 is 9.59 Å². The van der Waals surface area contributed by atoms with Crippen LogP contribution in [-0.4, -0.2) is 38.0 Å². The molecule has 0 spiro atoms. The van der Waals surface area contributed by atoms with Crippen molar-refractivity contribution in [2.24, 2.45) is 11.5 Å². The average Bonchev–Trinajstić information content (AvgIpc) is 3.07. The number of benzene rings is 1. The zero-order chi connectivity index (χ0) is 18.7. The van der Waals surface area contributed by atoms with Gasteiger partial charge in [-0.2, -0.15) is 10.1 Å². The fourth-order valence-electron chi connectivity index (χ4n) is 2.41. The topological polar surface area (TPSA) is 165 Å². The van der Waals surface area contributed by atoms with Crippen LogP contribution >= 0.6 is 0 Å². The molecular formula is C16H18N8O2. The van der Waals surface area contributed by atoms with Crippen molar-refractivity contribution in [2.75, 3.05) is 10.6 Å². The summed E-state index contributed by atoms with van der Waals surface area (Å²) in [5, 5.41) is 13.7. The van der Waals surface area contributed by atoms with Gasteiger partial charge >= 0.3 is 0 Å². The Morgan fingerprint density at radius 1 is 1.27 bits per heavy atom. The second kappa shape index (κ2) is 7.05. The lowest BCUT2D eigenvalue weighted by Crippen LogP contribution is -2.35. The van der Waals surface area contributed by atoms with Crippen molar-refractivity contribution >= 4 is 40.2 Å². The van der Waals surface area contributed by atoms with Gasteiger partial charge in [0.25, 0.3) is 5.91 Å². The molecule has 3 aromatic rings. The van der Waals surface area contributed by atoms with Gasteiger partial charge in [-0.3, -0.25) is 14.7 Å². The minimum Gasteiger partial charge on any atom is -0.368 e. The summed E-state index contributed by atoms with van der Waals surface area (Å²) < 4.78 is 0. The fraction of sp³-hybridized carbons (Fsp3) is 0.188.